The molecule has 0 aromatic carbocycles. The molecule has 0 saturated heterocycles. The first kappa shape index (κ1) is 7.76. The van der Waals surface area contributed by atoms with Gasteiger partial charge >= 0.3 is 0 Å². The Hall–Kier alpha value is -0.340. The van der Waals surface area contributed by atoms with E-state index in [1.54, 1.807) is 6.08 Å². The Morgan fingerprint density at radius 1 is 1.60 bits per heavy atom. The number of hydrogen-bond donors (Lipinski definition) is 1. The quantitative estimate of drug-likeness (QED) is 0.439. The van der Waals surface area contributed by atoms with E-state index in [0.717, 1.165) is 19.2 Å². The Labute approximate surface area is 62.3 Å². The molecule has 1 aliphatic rings. The molecule has 0 bridgehead atoms. The van der Waals surface area contributed by atoms with Crippen LogP contribution in [0.3, 0.4) is 0 Å². The maximum Gasteiger partial charge on any atom is 0.0645 e. The third kappa shape index (κ3) is 3.64. The fourth-order valence-electron chi connectivity index (χ4n) is 0.789. The molecule has 2 nitrogen and oxygen atoms in total. The van der Waals surface area contributed by atoms with Crippen molar-refractivity contribution in [1.82, 2.24) is 5.32 Å². The van der Waals surface area contributed by atoms with Crippen LogP contribution in [0.2, 0.25) is 0 Å². The van der Waals surface area contributed by atoms with Crippen molar-refractivity contribution >= 4 is 0 Å². The van der Waals surface area contributed by atoms with Gasteiger partial charge in [0.05, 0.1) is 13.2 Å². The van der Waals surface area contributed by atoms with E-state index in [0.29, 0.717) is 6.61 Å². The van der Waals surface area contributed by atoms with E-state index in [4.69, 9.17) is 4.74 Å². The molecule has 0 heterocycles. The van der Waals surface area contributed by atoms with Crippen molar-refractivity contribution in [1.29, 1.82) is 0 Å². The first-order chi connectivity index (χ1) is 4.93. The first-order valence-corrected chi connectivity index (χ1v) is 3.85. The molecule has 0 unspecified atom stereocenters. The molecule has 1 fully saturated rings. The number of nitrogens with one attached hydrogen (secondary N) is 1. The molecule has 58 valence electrons. The SMILES string of the molecule is C=CCOCCNC1CC1. The smallest absolute Gasteiger partial charge is 0.0645 e. The van der Waals surface area contributed by atoms with Gasteiger partial charge in [-0.05, 0) is 12.8 Å². The molecule has 0 aromatic heterocycles. The van der Waals surface area contributed by atoms with Crippen molar-refractivity contribution in [3.05, 3.63) is 12.7 Å². The normalized spacial score (nSPS) is 17.2. The van der Waals surface area contributed by atoms with Crippen LogP contribution >= 0.6 is 0 Å². The highest BCUT2D eigenvalue weighted by molar-refractivity contribution is 4.80. The lowest BCUT2D eigenvalue weighted by molar-refractivity contribution is 0.164. The summed E-state index contributed by atoms with van der Waals surface area (Å²) in [5.41, 5.74) is 0. The van der Waals surface area contributed by atoms with Gasteiger partial charge in [0.2, 0.25) is 0 Å². The van der Waals surface area contributed by atoms with Crippen LogP contribution in [0.5, 0.6) is 0 Å². The highest BCUT2D eigenvalue weighted by Crippen LogP contribution is 2.17. The minimum atomic E-state index is 0.673. The summed E-state index contributed by atoms with van der Waals surface area (Å²) in [5, 5.41) is 3.36. The van der Waals surface area contributed by atoms with Crippen molar-refractivity contribution in [3.8, 4) is 0 Å². The lowest BCUT2D eigenvalue weighted by Gasteiger charge is -2.01. The molecule has 2 heteroatoms. The van der Waals surface area contributed by atoms with Gasteiger partial charge in [-0.2, -0.15) is 0 Å². The molecule has 1 aliphatic carbocycles. The highest BCUT2D eigenvalue weighted by Gasteiger charge is 2.19. The van der Waals surface area contributed by atoms with Crippen molar-refractivity contribution in [3.63, 3.8) is 0 Å². The number of ether oxygens (including phenoxy) is 1. The van der Waals surface area contributed by atoms with Gasteiger partial charge in [-0.15, -0.1) is 6.58 Å². The third-order valence-corrected chi connectivity index (χ3v) is 1.49. The molecule has 0 aliphatic heterocycles. The molecule has 1 rings (SSSR count). The Morgan fingerprint density at radius 2 is 2.40 bits per heavy atom. The van der Waals surface area contributed by atoms with Gasteiger partial charge < -0.3 is 10.1 Å². The van der Waals surface area contributed by atoms with E-state index in [-0.39, 0.29) is 0 Å². The Bertz CT molecular complexity index is 99.4. The van der Waals surface area contributed by atoms with Crippen molar-refractivity contribution in [2.75, 3.05) is 19.8 Å². The number of hydrogen-bond acceptors (Lipinski definition) is 2. The van der Waals surface area contributed by atoms with Crippen LogP contribution in [0.15, 0.2) is 12.7 Å². The van der Waals surface area contributed by atoms with Crippen molar-refractivity contribution in [2.45, 2.75) is 18.9 Å². The number of rotatable bonds is 6. The van der Waals surface area contributed by atoms with Gasteiger partial charge in [-0.25, -0.2) is 0 Å². The minimum absolute atomic E-state index is 0.673. The molecule has 0 radical (unpaired) electrons. The standard InChI is InChI=1S/C8H15NO/c1-2-6-10-7-5-9-8-3-4-8/h2,8-9H,1,3-7H2. The average molecular weight is 141 g/mol. The van der Waals surface area contributed by atoms with Crippen LogP contribution in [0, 0.1) is 0 Å². The summed E-state index contributed by atoms with van der Waals surface area (Å²) < 4.78 is 5.18. The second kappa shape index (κ2) is 4.47. The molecule has 0 spiro atoms. The summed E-state index contributed by atoms with van der Waals surface area (Å²) in [6, 6.07) is 0.798. The van der Waals surface area contributed by atoms with Gasteiger partial charge in [0.15, 0.2) is 0 Å². The van der Waals surface area contributed by atoms with E-state index < -0.39 is 0 Å². The minimum Gasteiger partial charge on any atom is -0.376 e. The highest BCUT2D eigenvalue weighted by atomic mass is 16.5. The van der Waals surface area contributed by atoms with Gasteiger partial charge in [0.1, 0.15) is 0 Å². The van der Waals surface area contributed by atoms with E-state index >= 15 is 0 Å². The molecule has 10 heavy (non-hydrogen) atoms. The Balaban J connectivity index is 1.72. The predicted molar refractivity (Wildman–Crippen MR) is 42.0 cm³/mol. The third-order valence-electron chi connectivity index (χ3n) is 1.49. The fourth-order valence-corrected chi connectivity index (χ4v) is 0.789. The summed E-state index contributed by atoms with van der Waals surface area (Å²) in [5.74, 6) is 0. The summed E-state index contributed by atoms with van der Waals surface area (Å²) in [6.45, 7) is 6.03. The van der Waals surface area contributed by atoms with Crippen LogP contribution in [0.25, 0.3) is 0 Å². The second-order valence-electron chi connectivity index (χ2n) is 2.59. The molecular weight excluding hydrogens is 126 g/mol. The molecule has 1 saturated carbocycles. The van der Waals surface area contributed by atoms with Crippen LogP contribution in [-0.4, -0.2) is 25.8 Å². The largest absolute Gasteiger partial charge is 0.376 e. The lowest BCUT2D eigenvalue weighted by Crippen LogP contribution is -2.21. The van der Waals surface area contributed by atoms with Gasteiger partial charge in [0.25, 0.3) is 0 Å². The first-order valence-electron chi connectivity index (χ1n) is 3.85. The van der Waals surface area contributed by atoms with E-state index in [9.17, 15) is 0 Å². The summed E-state index contributed by atoms with van der Waals surface area (Å²) in [7, 11) is 0. The van der Waals surface area contributed by atoms with Gasteiger partial charge in [-0.1, -0.05) is 6.08 Å². The topological polar surface area (TPSA) is 21.3 Å². The molecular formula is C8H15NO. The van der Waals surface area contributed by atoms with Crippen molar-refractivity contribution in [2.24, 2.45) is 0 Å². The van der Waals surface area contributed by atoms with Crippen LogP contribution < -0.4 is 5.32 Å². The second-order valence-corrected chi connectivity index (χ2v) is 2.59. The maximum atomic E-state index is 5.18. The molecule has 0 amide bonds. The summed E-state index contributed by atoms with van der Waals surface area (Å²) in [4.78, 5) is 0. The average Bonchev–Trinajstić information content (AvgIpc) is 2.71. The van der Waals surface area contributed by atoms with Crippen molar-refractivity contribution < 1.29 is 4.74 Å². The van der Waals surface area contributed by atoms with Gasteiger partial charge in [0, 0.05) is 12.6 Å². The Morgan fingerprint density at radius 3 is 3.00 bits per heavy atom. The monoisotopic (exact) mass is 141 g/mol. The zero-order chi connectivity index (χ0) is 7.23. The lowest BCUT2D eigenvalue weighted by atomic mass is 10.6. The van der Waals surface area contributed by atoms with E-state index in [2.05, 4.69) is 11.9 Å². The van der Waals surface area contributed by atoms with Crippen LogP contribution in [-0.2, 0) is 4.74 Å². The zero-order valence-electron chi connectivity index (χ0n) is 6.31. The van der Waals surface area contributed by atoms with E-state index in [1.807, 2.05) is 0 Å². The summed E-state index contributed by atoms with van der Waals surface area (Å²) in [6.07, 6.45) is 4.47. The summed E-state index contributed by atoms with van der Waals surface area (Å²) >= 11 is 0. The van der Waals surface area contributed by atoms with Crippen LogP contribution in [0.1, 0.15) is 12.8 Å². The predicted octanol–water partition coefficient (Wildman–Crippen LogP) is 0.941. The van der Waals surface area contributed by atoms with Crippen LogP contribution in [0.4, 0.5) is 0 Å². The Kier molecular flexibility index (Phi) is 3.47. The maximum absolute atomic E-state index is 5.18. The van der Waals surface area contributed by atoms with E-state index in [1.165, 1.54) is 12.8 Å². The van der Waals surface area contributed by atoms with Gasteiger partial charge in [-0.3, -0.25) is 0 Å². The molecule has 1 N–H and O–H groups in total. The molecule has 0 atom stereocenters. The fraction of sp³-hybridized carbons (Fsp3) is 0.750. The molecule has 0 aromatic rings. The zero-order valence-corrected chi connectivity index (χ0v) is 6.31.